The Morgan fingerprint density at radius 3 is 1.81 bits per heavy atom. The molecule has 0 fully saturated rings. The van der Waals surface area contributed by atoms with E-state index in [0.717, 1.165) is 67.8 Å². The fourth-order valence-electron chi connectivity index (χ4n) is 5.21. The smallest absolute Gasteiger partial charge is 0.0346 e. The van der Waals surface area contributed by atoms with Gasteiger partial charge in [0.2, 0.25) is 0 Å². The van der Waals surface area contributed by atoms with Crippen LogP contribution in [0.15, 0.2) is 146 Å². The van der Waals surface area contributed by atoms with Gasteiger partial charge in [0, 0.05) is 48.7 Å². The van der Waals surface area contributed by atoms with Gasteiger partial charge in [0.15, 0.2) is 0 Å². The summed E-state index contributed by atoms with van der Waals surface area (Å²) in [4.78, 5) is 8.73. The predicted octanol–water partition coefficient (Wildman–Crippen LogP) is 8.52. The third-order valence-corrected chi connectivity index (χ3v) is 7.42. The van der Waals surface area contributed by atoms with E-state index in [1.54, 1.807) is 18.6 Å². The van der Waals surface area contributed by atoms with E-state index in [1.165, 1.54) is 5.56 Å². The molecule has 4 heteroatoms. The highest BCUT2D eigenvalue weighted by molar-refractivity contribution is 5.85. The molecule has 204 valence electrons. The monoisotopic (exact) mass is 544 g/mol. The Kier molecular flexibility index (Phi) is 7.87. The third kappa shape index (κ3) is 5.98. The molecule has 3 N–H and O–H groups in total. The normalized spacial score (nSPS) is 13.2. The lowest BCUT2D eigenvalue weighted by atomic mass is 9.90. The Morgan fingerprint density at radius 2 is 1.24 bits per heavy atom. The Bertz CT molecular complexity index is 1770. The Labute approximate surface area is 247 Å². The van der Waals surface area contributed by atoms with Crippen LogP contribution in [0, 0.1) is 0 Å². The molecule has 5 aromatic rings. The first-order valence-electron chi connectivity index (χ1n) is 14.1. The van der Waals surface area contributed by atoms with Crippen LogP contribution in [0.5, 0.6) is 0 Å². The predicted molar refractivity (Wildman–Crippen MR) is 176 cm³/mol. The number of hydrogen-bond acceptors (Lipinski definition) is 4. The lowest BCUT2D eigenvalue weighted by Gasteiger charge is -2.15. The Morgan fingerprint density at radius 1 is 0.690 bits per heavy atom. The third-order valence-electron chi connectivity index (χ3n) is 7.42. The summed E-state index contributed by atoms with van der Waals surface area (Å²) in [5, 5.41) is 3.34. The number of nitrogens with zero attached hydrogens (tertiary/aromatic N) is 2. The van der Waals surface area contributed by atoms with Crippen molar-refractivity contribution in [2.45, 2.75) is 6.92 Å². The van der Waals surface area contributed by atoms with Crippen molar-refractivity contribution in [1.29, 1.82) is 0 Å². The van der Waals surface area contributed by atoms with E-state index in [-0.39, 0.29) is 0 Å². The average molecular weight is 545 g/mol. The number of hydrogen-bond donors (Lipinski definition) is 2. The van der Waals surface area contributed by atoms with Crippen LogP contribution in [0.4, 0.5) is 0 Å². The summed E-state index contributed by atoms with van der Waals surface area (Å²) in [6.07, 6.45) is 19.3. The molecular weight excluding hydrogens is 512 g/mol. The molecule has 0 radical (unpaired) electrons. The molecule has 0 spiro atoms. The zero-order valence-electron chi connectivity index (χ0n) is 23.5. The van der Waals surface area contributed by atoms with E-state index in [2.05, 4.69) is 113 Å². The van der Waals surface area contributed by atoms with Gasteiger partial charge in [0.05, 0.1) is 0 Å². The fraction of sp³-hybridized carbons (Fsp3) is 0.0526. The highest BCUT2D eigenvalue weighted by atomic mass is 14.8. The van der Waals surface area contributed by atoms with Crippen LogP contribution in [0.1, 0.15) is 18.1 Å². The van der Waals surface area contributed by atoms with Gasteiger partial charge in [-0.15, -0.1) is 0 Å². The number of pyridine rings is 2. The molecule has 0 atom stereocenters. The van der Waals surface area contributed by atoms with E-state index in [1.807, 2.05) is 36.7 Å². The zero-order valence-corrected chi connectivity index (χ0v) is 23.5. The molecule has 3 aromatic carbocycles. The van der Waals surface area contributed by atoms with Gasteiger partial charge >= 0.3 is 0 Å². The van der Waals surface area contributed by atoms with E-state index < -0.39 is 0 Å². The van der Waals surface area contributed by atoms with Crippen LogP contribution >= 0.6 is 0 Å². The number of aromatic nitrogens is 2. The molecule has 6 rings (SSSR count). The number of allylic oxidation sites excluding steroid dienone is 5. The lowest BCUT2D eigenvalue weighted by Crippen LogP contribution is -2.08. The first-order chi connectivity index (χ1) is 20.7. The van der Waals surface area contributed by atoms with Gasteiger partial charge in [0.1, 0.15) is 0 Å². The molecule has 0 bridgehead atoms. The minimum atomic E-state index is 0.845. The largest absolute Gasteiger partial charge is 0.405 e. The van der Waals surface area contributed by atoms with E-state index >= 15 is 0 Å². The molecule has 4 nitrogen and oxygen atoms in total. The second-order valence-corrected chi connectivity index (χ2v) is 10.3. The van der Waals surface area contributed by atoms with Crippen molar-refractivity contribution in [1.82, 2.24) is 15.3 Å². The van der Waals surface area contributed by atoms with Crippen LogP contribution in [-0.2, 0) is 0 Å². The van der Waals surface area contributed by atoms with E-state index in [9.17, 15) is 0 Å². The van der Waals surface area contributed by atoms with Crippen LogP contribution in [0.2, 0.25) is 0 Å². The molecule has 1 aliphatic rings. The van der Waals surface area contributed by atoms with Crippen molar-refractivity contribution in [3.63, 3.8) is 0 Å². The molecule has 42 heavy (non-hydrogen) atoms. The maximum atomic E-state index is 5.63. The molecule has 3 heterocycles. The standard InChI is InChI=1S/C38H32N4/c1-27(7-3-13-39)33-18-34(20-36(19-33)30-10-4-14-40-24-30)28-8-2-9-29(17-28)35-21-37(31-11-5-15-41-25-31)23-38(22-35)32-12-6-16-42-26-32/h2-13,15-26,40H,14,39H2,1H3/b13-3-,27-7+. The summed E-state index contributed by atoms with van der Waals surface area (Å²) in [6, 6.07) is 30.4. The first kappa shape index (κ1) is 26.7. The van der Waals surface area contributed by atoms with Crippen LogP contribution < -0.4 is 11.1 Å². The molecule has 0 saturated heterocycles. The lowest BCUT2D eigenvalue weighted by molar-refractivity contribution is 0.976. The van der Waals surface area contributed by atoms with Gasteiger partial charge in [-0.05, 0) is 129 Å². The highest BCUT2D eigenvalue weighted by Crippen LogP contribution is 2.35. The molecule has 1 aliphatic heterocycles. The molecule has 0 unspecified atom stereocenters. The van der Waals surface area contributed by atoms with Crippen molar-refractivity contribution in [2.24, 2.45) is 5.73 Å². The SMILES string of the molecule is C/C(=C\C=C/N)c1cc(C2=CNCC=C2)cc(-c2cccc(-c3cc(-c4cccnc4)cc(-c4cccnc4)c3)c2)c1. The zero-order chi connectivity index (χ0) is 28.7. The topological polar surface area (TPSA) is 63.8 Å². The van der Waals surface area contributed by atoms with Crippen LogP contribution in [-0.4, -0.2) is 16.5 Å². The van der Waals surface area contributed by atoms with Gasteiger partial charge in [-0.25, -0.2) is 0 Å². The summed E-state index contributed by atoms with van der Waals surface area (Å²) in [6.45, 7) is 2.96. The van der Waals surface area contributed by atoms with Gasteiger partial charge in [-0.3, -0.25) is 9.97 Å². The van der Waals surface area contributed by atoms with E-state index in [4.69, 9.17) is 5.73 Å². The molecule has 0 amide bonds. The van der Waals surface area contributed by atoms with Gasteiger partial charge in [-0.1, -0.05) is 48.6 Å². The molecule has 0 aliphatic carbocycles. The summed E-state index contributed by atoms with van der Waals surface area (Å²) >= 11 is 0. The van der Waals surface area contributed by atoms with Crippen molar-refractivity contribution >= 4 is 11.1 Å². The van der Waals surface area contributed by atoms with E-state index in [0.29, 0.717) is 0 Å². The van der Waals surface area contributed by atoms with Crippen molar-refractivity contribution in [3.05, 3.63) is 158 Å². The number of nitrogens with two attached hydrogens (primary N) is 1. The summed E-state index contributed by atoms with van der Waals surface area (Å²) in [5.74, 6) is 0. The summed E-state index contributed by atoms with van der Waals surface area (Å²) < 4.78 is 0. The maximum Gasteiger partial charge on any atom is 0.0346 e. The number of dihydropyridines is 1. The van der Waals surface area contributed by atoms with Crippen molar-refractivity contribution in [3.8, 4) is 44.5 Å². The van der Waals surface area contributed by atoms with Gasteiger partial charge in [0.25, 0.3) is 0 Å². The molecular formula is C38H32N4. The number of benzene rings is 3. The highest BCUT2D eigenvalue weighted by Gasteiger charge is 2.12. The van der Waals surface area contributed by atoms with Crippen molar-refractivity contribution < 1.29 is 0 Å². The van der Waals surface area contributed by atoms with Crippen LogP contribution in [0.25, 0.3) is 55.7 Å². The quantitative estimate of drug-likeness (QED) is 0.202. The molecule has 2 aromatic heterocycles. The Hall–Kier alpha value is -5.48. The molecule has 0 saturated carbocycles. The average Bonchev–Trinajstić information content (AvgIpc) is 3.08. The second-order valence-electron chi connectivity index (χ2n) is 10.3. The minimum Gasteiger partial charge on any atom is -0.405 e. The maximum absolute atomic E-state index is 5.63. The summed E-state index contributed by atoms with van der Waals surface area (Å²) in [5.41, 5.74) is 19.2. The van der Waals surface area contributed by atoms with Crippen molar-refractivity contribution in [2.75, 3.05) is 6.54 Å². The fourth-order valence-corrected chi connectivity index (χ4v) is 5.21. The number of nitrogens with one attached hydrogen (secondary N) is 1. The summed E-state index contributed by atoms with van der Waals surface area (Å²) in [7, 11) is 0. The first-order valence-corrected chi connectivity index (χ1v) is 14.1. The minimum absolute atomic E-state index is 0.845. The number of rotatable bonds is 7. The van der Waals surface area contributed by atoms with Crippen LogP contribution in [0.3, 0.4) is 0 Å². The Balaban J connectivity index is 1.48. The second kappa shape index (κ2) is 12.4. The van der Waals surface area contributed by atoms with Gasteiger partial charge < -0.3 is 11.1 Å². The van der Waals surface area contributed by atoms with Gasteiger partial charge in [-0.2, -0.15) is 0 Å².